The highest BCUT2D eigenvalue weighted by Gasteiger charge is 2.37. The summed E-state index contributed by atoms with van der Waals surface area (Å²) in [4.78, 5) is 36.3. The molecule has 1 aliphatic rings. The van der Waals surface area contributed by atoms with Crippen molar-refractivity contribution in [3.63, 3.8) is 0 Å². The first-order valence-electron chi connectivity index (χ1n) is 10.1. The van der Waals surface area contributed by atoms with Crippen LogP contribution in [-0.4, -0.2) is 36.5 Å². The number of nitrogens with zero attached hydrogens (tertiary/aromatic N) is 6. The van der Waals surface area contributed by atoms with E-state index >= 15 is 0 Å². The molecule has 1 saturated heterocycles. The fourth-order valence-electron chi connectivity index (χ4n) is 4.20. The molecule has 1 fully saturated rings. The number of aromatic nitrogens is 5. The molecule has 0 saturated carbocycles. The van der Waals surface area contributed by atoms with Gasteiger partial charge < -0.3 is 10.6 Å². The van der Waals surface area contributed by atoms with Gasteiger partial charge in [0.05, 0.1) is 28.0 Å². The van der Waals surface area contributed by atoms with Crippen LogP contribution in [0.1, 0.15) is 41.3 Å². The van der Waals surface area contributed by atoms with Crippen molar-refractivity contribution in [1.29, 1.82) is 0 Å². The minimum Gasteiger partial charge on any atom is -0.368 e. The molecule has 1 atom stereocenters. The Kier molecular flexibility index (Phi) is 4.70. The Balaban J connectivity index is 1.73. The minimum atomic E-state index is -0.291. The maximum absolute atomic E-state index is 13.5. The van der Waals surface area contributed by atoms with Crippen LogP contribution in [0.2, 0.25) is 5.02 Å². The van der Waals surface area contributed by atoms with E-state index in [9.17, 15) is 9.59 Å². The van der Waals surface area contributed by atoms with Crippen molar-refractivity contribution in [3.05, 3.63) is 75.1 Å². The summed E-state index contributed by atoms with van der Waals surface area (Å²) in [5.41, 5.74) is 7.55. The van der Waals surface area contributed by atoms with E-state index in [0.717, 1.165) is 6.42 Å². The summed E-state index contributed by atoms with van der Waals surface area (Å²) in [6.07, 6.45) is 2.38. The van der Waals surface area contributed by atoms with E-state index < -0.39 is 0 Å². The van der Waals surface area contributed by atoms with Gasteiger partial charge in [0.2, 0.25) is 5.95 Å². The Labute approximate surface area is 188 Å². The standard InChI is InChI=1S/C22H20ClN7O2/c1-12-17(13(2)31)20(26-22(24)25-12)28-10-9-16(28)19-27-29-11-8-15(23)18(29)21(32)30(19)14-6-4-3-5-7-14/h3-8,11,16H,9-10H2,1-2H3,(H2,24,25,26)/t16-/m0/s1. The molecule has 5 rings (SSSR count). The van der Waals surface area contributed by atoms with Gasteiger partial charge in [-0.3, -0.25) is 14.2 Å². The van der Waals surface area contributed by atoms with Crippen LogP contribution < -0.4 is 16.2 Å². The lowest BCUT2D eigenvalue weighted by atomic mass is 9.99. The number of hydrogen-bond donors (Lipinski definition) is 1. The number of nitrogen functional groups attached to an aromatic ring is 1. The summed E-state index contributed by atoms with van der Waals surface area (Å²) in [7, 11) is 0. The first-order valence-corrected chi connectivity index (χ1v) is 10.5. The molecule has 0 amide bonds. The Morgan fingerprint density at radius 3 is 2.59 bits per heavy atom. The molecule has 162 valence electrons. The summed E-state index contributed by atoms with van der Waals surface area (Å²) in [5, 5.41) is 5.08. The van der Waals surface area contributed by atoms with Crippen LogP contribution in [0.15, 0.2) is 47.4 Å². The molecule has 32 heavy (non-hydrogen) atoms. The number of para-hydroxylation sites is 1. The predicted octanol–water partition coefficient (Wildman–Crippen LogP) is 2.97. The van der Waals surface area contributed by atoms with Gasteiger partial charge in [-0.05, 0) is 38.5 Å². The number of carbonyl (C=O) groups is 1. The van der Waals surface area contributed by atoms with Crippen LogP contribution in [0, 0.1) is 6.92 Å². The maximum atomic E-state index is 13.5. The van der Waals surface area contributed by atoms with E-state index in [1.54, 1.807) is 23.8 Å². The highest BCUT2D eigenvalue weighted by atomic mass is 35.5. The molecule has 1 aliphatic heterocycles. The molecular formula is C22H20ClN7O2. The Bertz CT molecular complexity index is 1430. The van der Waals surface area contributed by atoms with Crippen molar-refractivity contribution in [2.75, 3.05) is 17.2 Å². The fourth-order valence-corrected chi connectivity index (χ4v) is 4.42. The average molecular weight is 450 g/mol. The molecule has 9 nitrogen and oxygen atoms in total. The Hall–Kier alpha value is -3.72. The number of halogens is 1. The summed E-state index contributed by atoms with van der Waals surface area (Å²) in [6.45, 7) is 3.85. The maximum Gasteiger partial charge on any atom is 0.284 e. The van der Waals surface area contributed by atoms with Gasteiger partial charge in [-0.1, -0.05) is 29.8 Å². The fraction of sp³-hybridized carbons (Fsp3) is 0.227. The minimum absolute atomic E-state index is 0.0919. The van der Waals surface area contributed by atoms with Crippen LogP contribution in [0.5, 0.6) is 0 Å². The number of aryl methyl sites for hydroxylation is 1. The zero-order chi connectivity index (χ0) is 22.6. The van der Waals surface area contributed by atoms with Crippen LogP contribution in [0.25, 0.3) is 11.2 Å². The van der Waals surface area contributed by atoms with Gasteiger partial charge in [-0.25, -0.2) is 9.50 Å². The third-order valence-corrected chi connectivity index (χ3v) is 6.01. The molecule has 0 aliphatic carbocycles. The number of anilines is 2. The zero-order valence-electron chi connectivity index (χ0n) is 17.5. The van der Waals surface area contributed by atoms with Crippen molar-refractivity contribution in [3.8, 4) is 5.69 Å². The highest BCUT2D eigenvalue weighted by Crippen LogP contribution is 2.39. The van der Waals surface area contributed by atoms with Crippen LogP contribution in [0.4, 0.5) is 11.8 Å². The van der Waals surface area contributed by atoms with E-state index in [1.165, 1.54) is 11.4 Å². The lowest BCUT2D eigenvalue weighted by Gasteiger charge is -2.42. The van der Waals surface area contributed by atoms with E-state index in [-0.39, 0.29) is 23.3 Å². The van der Waals surface area contributed by atoms with Gasteiger partial charge in [-0.15, -0.1) is 0 Å². The molecule has 0 bridgehead atoms. The summed E-state index contributed by atoms with van der Waals surface area (Å²) in [6, 6.07) is 10.6. The lowest BCUT2D eigenvalue weighted by Crippen LogP contribution is -2.46. The number of ketones is 1. The Morgan fingerprint density at radius 1 is 1.19 bits per heavy atom. The van der Waals surface area contributed by atoms with Gasteiger partial charge in [0.25, 0.3) is 5.56 Å². The van der Waals surface area contributed by atoms with Gasteiger partial charge in [0.1, 0.15) is 11.3 Å². The summed E-state index contributed by atoms with van der Waals surface area (Å²) in [5.74, 6) is 0.924. The van der Waals surface area contributed by atoms with Crippen molar-refractivity contribution in [2.45, 2.75) is 26.3 Å². The quantitative estimate of drug-likeness (QED) is 0.476. The third kappa shape index (κ3) is 3.04. The van der Waals surface area contributed by atoms with E-state index in [4.69, 9.17) is 22.4 Å². The largest absolute Gasteiger partial charge is 0.368 e. The molecule has 10 heteroatoms. The van der Waals surface area contributed by atoms with E-state index in [2.05, 4.69) is 9.97 Å². The summed E-state index contributed by atoms with van der Waals surface area (Å²) >= 11 is 6.28. The first-order chi connectivity index (χ1) is 15.4. The molecule has 0 spiro atoms. The van der Waals surface area contributed by atoms with Crippen molar-refractivity contribution in [2.24, 2.45) is 0 Å². The second-order valence-corrected chi connectivity index (χ2v) is 8.12. The first kappa shape index (κ1) is 20.2. The second kappa shape index (κ2) is 7.45. The van der Waals surface area contributed by atoms with E-state index in [1.807, 2.05) is 35.2 Å². The van der Waals surface area contributed by atoms with Crippen LogP contribution in [0.3, 0.4) is 0 Å². The SMILES string of the molecule is CC(=O)c1c(C)nc(N)nc1N1CC[C@H]1c1nn2ccc(Cl)c2c(=O)n1-c1ccccc1. The number of Topliss-reactive ketones (excluding diaryl/α,β-unsaturated/α-hetero) is 1. The van der Waals surface area contributed by atoms with Crippen molar-refractivity contribution < 1.29 is 4.79 Å². The second-order valence-electron chi connectivity index (χ2n) is 7.71. The highest BCUT2D eigenvalue weighted by molar-refractivity contribution is 6.33. The van der Waals surface area contributed by atoms with Crippen molar-refractivity contribution >= 4 is 34.7 Å². The number of benzene rings is 1. The number of fused-ring (bicyclic) bond motifs is 1. The van der Waals surface area contributed by atoms with Crippen LogP contribution >= 0.6 is 11.6 Å². The van der Waals surface area contributed by atoms with Gasteiger partial charge in [0, 0.05) is 12.7 Å². The van der Waals surface area contributed by atoms with Gasteiger partial charge >= 0.3 is 0 Å². The molecule has 1 aromatic carbocycles. The monoisotopic (exact) mass is 449 g/mol. The van der Waals surface area contributed by atoms with Crippen LogP contribution in [-0.2, 0) is 0 Å². The topological polar surface area (TPSA) is 111 Å². The number of nitrogens with two attached hydrogens (primary N) is 1. The smallest absolute Gasteiger partial charge is 0.284 e. The van der Waals surface area contributed by atoms with Gasteiger partial charge in [0.15, 0.2) is 11.6 Å². The molecule has 0 radical (unpaired) electrons. The molecule has 2 N–H and O–H groups in total. The average Bonchev–Trinajstić information content (AvgIpc) is 3.08. The normalized spacial score (nSPS) is 15.7. The third-order valence-electron chi connectivity index (χ3n) is 5.71. The molecule has 4 heterocycles. The molecule has 0 unspecified atom stereocenters. The Morgan fingerprint density at radius 2 is 1.94 bits per heavy atom. The molecule has 3 aromatic heterocycles. The van der Waals surface area contributed by atoms with Gasteiger partial charge in [-0.2, -0.15) is 10.1 Å². The molecular weight excluding hydrogens is 430 g/mol. The number of hydrogen-bond acceptors (Lipinski definition) is 7. The van der Waals surface area contributed by atoms with E-state index in [0.29, 0.717) is 45.7 Å². The molecule has 4 aromatic rings. The predicted molar refractivity (Wildman–Crippen MR) is 122 cm³/mol. The summed E-state index contributed by atoms with van der Waals surface area (Å²) < 4.78 is 3.07. The van der Waals surface area contributed by atoms with Crippen molar-refractivity contribution in [1.82, 2.24) is 24.1 Å². The number of rotatable bonds is 4. The number of carbonyl (C=O) groups excluding carboxylic acids is 1. The lowest BCUT2D eigenvalue weighted by molar-refractivity contribution is 0.101. The zero-order valence-corrected chi connectivity index (χ0v) is 18.2.